The highest BCUT2D eigenvalue weighted by molar-refractivity contribution is 7.80. The van der Waals surface area contributed by atoms with Crippen LogP contribution in [0.2, 0.25) is 0 Å². The third-order valence-corrected chi connectivity index (χ3v) is 3.76. The molecule has 0 aromatic heterocycles. The normalized spacial score (nSPS) is 12.3. The molecule has 1 unspecified atom stereocenters. The van der Waals surface area contributed by atoms with Gasteiger partial charge in [-0.2, -0.15) is 0 Å². The van der Waals surface area contributed by atoms with E-state index >= 15 is 0 Å². The molecule has 150 valence electrons. The number of hydrogen-bond acceptors (Lipinski definition) is 5. The Labute approximate surface area is 162 Å². The van der Waals surface area contributed by atoms with Crippen LogP contribution in [0.1, 0.15) is 38.7 Å². The summed E-state index contributed by atoms with van der Waals surface area (Å²) in [5, 5.41) is 5.52. The summed E-state index contributed by atoms with van der Waals surface area (Å²) < 4.78 is 32.2. The second kappa shape index (κ2) is 9.56. The molecule has 7 nitrogen and oxygen atoms in total. The molecular weight excluding hydrogens is 378 g/mol. The Kier molecular flexibility index (Phi) is 8.04. The number of halogens is 2. The van der Waals surface area contributed by atoms with E-state index in [1.54, 1.807) is 20.8 Å². The lowest BCUT2D eigenvalue weighted by Crippen LogP contribution is -2.47. The number of anilines is 1. The highest BCUT2D eigenvalue weighted by atomic mass is 32.1. The van der Waals surface area contributed by atoms with Gasteiger partial charge in [-0.25, -0.2) is 24.4 Å². The molecule has 10 heteroatoms. The lowest BCUT2D eigenvalue weighted by molar-refractivity contribution is -0.128. The third-order valence-electron chi connectivity index (χ3n) is 3.36. The molecule has 0 saturated carbocycles. The maximum atomic E-state index is 13.5. The summed E-state index contributed by atoms with van der Waals surface area (Å²) in [5.41, 5.74) is -0.249. The molecule has 1 rings (SSSR count). The number of carbonyl (C=O) groups excluding carboxylic acids is 2. The van der Waals surface area contributed by atoms with Crippen LogP contribution in [0.5, 0.6) is 0 Å². The van der Waals surface area contributed by atoms with Gasteiger partial charge in [-0.1, -0.05) is 12.1 Å². The summed E-state index contributed by atoms with van der Waals surface area (Å²) in [6, 6.07) is 5.84. The Bertz CT molecular complexity index is 695. The van der Waals surface area contributed by atoms with E-state index in [-0.39, 0.29) is 16.4 Å². The number of rotatable bonds is 5. The second-order valence-corrected chi connectivity index (χ2v) is 7.10. The van der Waals surface area contributed by atoms with E-state index in [2.05, 4.69) is 10.6 Å². The van der Waals surface area contributed by atoms with Crippen LogP contribution in [-0.4, -0.2) is 41.2 Å². The van der Waals surface area contributed by atoms with E-state index in [4.69, 9.17) is 22.8 Å². The molecule has 0 aliphatic heterocycles. The van der Waals surface area contributed by atoms with Gasteiger partial charge in [-0.15, -0.1) is 0 Å². The van der Waals surface area contributed by atoms with Crippen LogP contribution in [0.3, 0.4) is 0 Å². The number of benzene rings is 1. The molecule has 1 aromatic carbocycles. The molecule has 1 aromatic rings. The van der Waals surface area contributed by atoms with Crippen LogP contribution in [0.25, 0.3) is 0 Å². The van der Waals surface area contributed by atoms with Crippen molar-refractivity contribution in [2.45, 2.75) is 45.1 Å². The zero-order valence-electron chi connectivity index (χ0n) is 15.6. The van der Waals surface area contributed by atoms with Gasteiger partial charge in [-0.3, -0.25) is 10.1 Å². The Morgan fingerprint density at radius 2 is 1.96 bits per heavy atom. The zero-order valence-corrected chi connectivity index (χ0v) is 16.4. The highest BCUT2D eigenvalue weighted by Crippen LogP contribution is 2.29. The first-order valence-electron chi connectivity index (χ1n) is 8.12. The van der Waals surface area contributed by atoms with Crippen molar-refractivity contribution in [1.29, 1.82) is 0 Å². The fourth-order valence-corrected chi connectivity index (χ4v) is 2.24. The number of nitrogens with one attached hydrogen (secondary N) is 2. The van der Waals surface area contributed by atoms with Crippen molar-refractivity contribution >= 4 is 35.0 Å². The van der Waals surface area contributed by atoms with Crippen molar-refractivity contribution in [3.63, 3.8) is 0 Å². The third kappa shape index (κ3) is 7.43. The van der Waals surface area contributed by atoms with Gasteiger partial charge >= 0.3 is 6.09 Å². The SMILES string of the molecule is CNC(=S)N(N)C(=O)CC(c1cccc(NC(=O)OC(C)(C)C)c1)C(F)F. The van der Waals surface area contributed by atoms with Crippen LogP contribution >= 0.6 is 12.2 Å². The predicted molar refractivity (Wildman–Crippen MR) is 102 cm³/mol. The minimum atomic E-state index is -2.82. The van der Waals surface area contributed by atoms with Crippen LogP contribution in [0, 0.1) is 0 Å². The molecule has 0 aliphatic carbocycles. The Morgan fingerprint density at radius 3 is 2.48 bits per heavy atom. The maximum absolute atomic E-state index is 13.5. The first-order chi connectivity index (χ1) is 12.4. The fourth-order valence-electron chi connectivity index (χ4n) is 2.14. The van der Waals surface area contributed by atoms with E-state index in [9.17, 15) is 18.4 Å². The topological polar surface area (TPSA) is 96.7 Å². The van der Waals surface area contributed by atoms with Crippen LogP contribution in [0.15, 0.2) is 24.3 Å². The van der Waals surface area contributed by atoms with Crippen molar-refractivity contribution in [2.75, 3.05) is 12.4 Å². The van der Waals surface area contributed by atoms with Crippen LogP contribution < -0.4 is 16.5 Å². The van der Waals surface area contributed by atoms with Crippen molar-refractivity contribution in [3.05, 3.63) is 29.8 Å². The summed E-state index contributed by atoms with van der Waals surface area (Å²) in [6.07, 6.45) is -4.08. The molecule has 0 aliphatic rings. The number of hydrazine groups is 1. The maximum Gasteiger partial charge on any atom is 0.412 e. The lowest BCUT2D eigenvalue weighted by Gasteiger charge is -2.22. The number of hydrogen-bond donors (Lipinski definition) is 3. The number of ether oxygens (including phenoxy) is 1. The van der Waals surface area contributed by atoms with Gasteiger partial charge in [0.25, 0.3) is 0 Å². The summed E-state index contributed by atoms with van der Waals surface area (Å²) in [5.74, 6) is 3.34. The second-order valence-electron chi connectivity index (χ2n) is 6.72. The number of carbonyl (C=O) groups is 2. The minimum Gasteiger partial charge on any atom is -0.444 e. The molecule has 0 saturated heterocycles. The lowest BCUT2D eigenvalue weighted by atomic mass is 9.95. The molecule has 4 N–H and O–H groups in total. The van der Waals surface area contributed by atoms with Gasteiger partial charge in [0.2, 0.25) is 12.3 Å². The Morgan fingerprint density at radius 1 is 1.33 bits per heavy atom. The number of thiocarbonyl (C=S) groups is 1. The largest absolute Gasteiger partial charge is 0.444 e. The summed E-state index contributed by atoms with van der Waals surface area (Å²) in [7, 11) is 1.46. The Balaban J connectivity index is 2.95. The number of alkyl halides is 2. The van der Waals surface area contributed by atoms with E-state index in [0.717, 1.165) is 0 Å². The molecule has 2 amide bonds. The average Bonchev–Trinajstić information content (AvgIpc) is 2.56. The zero-order chi connectivity index (χ0) is 20.8. The molecule has 0 radical (unpaired) electrons. The first kappa shape index (κ1) is 22.7. The van der Waals surface area contributed by atoms with E-state index in [1.165, 1.54) is 31.3 Å². The van der Waals surface area contributed by atoms with Gasteiger partial charge in [0.05, 0.1) is 5.92 Å². The molecule has 1 atom stereocenters. The summed E-state index contributed by atoms with van der Waals surface area (Å²) >= 11 is 4.82. The van der Waals surface area contributed by atoms with E-state index in [0.29, 0.717) is 5.01 Å². The van der Waals surface area contributed by atoms with Crippen LogP contribution in [0.4, 0.5) is 19.3 Å². The number of amides is 2. The van der Waals surface area contributed by atoms with Crippen molar-refractivity contribution in [1.82, 2.24) is 10.3 Å². The number of nitrogens with two attached hydrogens (primary N) is 1. The molecule has 0 heterocycles. The highest BCUT2D eigenvalue weighted by Gasteiger charge is 2.28. The summed E-state index contributed by atoms with van der Waals surface area (Å²) in [6.45, 7) is 5.11. The minimum absolute atomic E-state index is 0.0756. The quantitative estimate of drug-likeness (QED) is 0.303. The van der Waals surface area contributed by atoms with Crippen molar-refractivity contribution in [3.8, 4) is 0 Å². The smallest absolute Gasteiger partial charge is 0.412 e. The van der Waals surface area contributed by atoms with Gasteiger partial charge in [0.1, 0.15) is 5.60 Å². The Hall–Kier alpha value is -2.33. The standard InChI is InChI=1S/C17H24F2N4O3S/c1-17(2,3)26-16(25)22-11-7-5-6-10(8-11)12(14(18)19)9-13(24)23(20)15(27)21-4/h5-8,12,14H,9,20H2,1-4H3,(H,21,27)(H,22,25). The molecular formula is C17H24F2N4O3S. The molecule has 0 fully saturated rings. The van der Waals surface area contributed by atoms with E-state index in [1.807, 2.05) is 0 Å². The van der Waals surface area contributed by atoms with Crippen molar-refractivity contribution < 1.29 is 23.1 Å². The van der Waals surface area contributed by atoms with Crippen LogP contribution in [-0.2, 0) is 9.53 Å². The molecule has 27 heavy (non-hydrogen) atoms. The van der Waals surface area contributed by atoms with Gasteiger partial charge < -0.3 is 10.1 Å². The molecule has 0 bridgehead atoms. The predicted octanol–water partition coefficient (Wildman–Crippen LogP) is 2.98. The average molecular weight is 402 g/mol. The number of nitrogens with zero attached hydrogens (tertiary/aromatic N) is 1. The monoisotopic (exact) mass is 402 g/mol. The van der Waals surface area contributed by atoms with Gasteiger partial charge in [0.15, 0.2) is 5.11 Å². The van der Waals surface area contributed by atoms with Gasteiger partial charge in [0, 0.05) is 19.2 Å². The fraction of sp³-hybridized carbons (Fsp3) is 0.471. The molecule has 0 spiro atoms. The van der Waals surface area contributed by atoms with Crippen molar-refractivity contribution in [2.24, 2.45) is 5.84 Å². The first-order valence-corrected chi connectivity index (χ1v) is 8.53. The van der Waals surface area contributed by atoms with E-state index < -0.39 is 36.4 Å². The summed E-state index contributed by atoms with van der Waals surface area (Å²) in [4.78, 5) is 23.9. The van der Waals surface area contributed by atoms with Gasteiger partial charge in [-0.05, 0) is 50.7 Å².